The number of thioether (sulfide) groups is 2. The van der Waals surface area contributed by atoms with Crippen molar-refractivity contribution < 1.29 is 50.4 Å². The molecule has 2 aromatic rings. The zero-order valence-electron chi connectivity index (χ0n) is 26.0. The van der Waals surface area contributed by atoms with Gasteiger partial charge in [-0.15, -0.1) is 11.8 Å². The first-order chi connectivity index (χ1) is 21.5. The fourth-order valence-electron chi connectivity index (χ4n) is 5.10. The van der Waals surface area contributed by atoms with Crippen molar-refractivity contribution in [3.05, 3.63) is 53.6 Å². The third-order valence-corrected chi connectivity index (χ3v) is 10.0. The first-order valence-electron chi connectivity index (χ1n) is 14.8. The standard InChI is InChI=1S/C32H43F5O6S2/c1-30(24-7-9-25(10-8-24)42-22-38-2)21-45-29-20-26(43-23-39-3)11-12-27(29)28(30)6-4-14-40-15-16-41-17-19-44-18-5-13-31(33,34)32(35,36)37/h7-12,20,28H,4-6,13-19,21-23H2,1-3H3. The van der Waals surface area contributed by atoms with Gasteiger partial charge in [-0.25, -0.2) is 0 Å². The molecule has 0 N–H and O–H groups in total. The monoisotopic (exact) mass is 682 g/mol. The Bertz CT molecular complexity index is 1140. The van der Waals surface area contributed by atoms with Crippen LogP contribution in [0.25, 0.3) is 0 Å². The predicted octanol–water partition coefficient (Wildman–Crippen LogP) is 8.32. The minimum absolute atomic E-state index is 0.129. The van der Waals surface area contributed by atoms with Gasteiger partial charge in [0.15, 0.2) is 13.6 Å². The number of alkyl halides is 5. The number of ether oxygens (including phenoxy) is 6. The lowest BCUT2D eigenvalue weighted by Crippen LogP contribution is -2.36. The van der Waals surface area contributed by atoms with Gasteiger partial charge in [-0.3, -0.25) is 0 Å². The van der Waals surface area contributed by atoms with E-state index in [0.29, 0.717) is 32.2 Å². The number of hydrogen-bond acceptors (Lipinski definition) is 8. The van der Waals surface area contributed by atoms with Gasteiger partial charge in [0, 0.05) is 49.1 Å². The summed E-state index contributed by atoms with van der Waals surface area (Å²) in [7, 11) is 3.18. The Balaban J connectivity index is 1.45. The molecule has 0 spiro atoms. The average molecular weight is 683 g/mol. The Morgan fingerprint density at radius 2 is 1.47 bits per heavy atom. The van der Waals surface area contributed by atoms with E-state index in [1.54, 1.807) is 14.2 Å². The topological polar surface area (TPSA) is 55.4 Å². The Hall–Kier alpha value is -1.77. The van der Waals surface area contributed by atoms with Gasteiger partial charge in [-0.1, -0.05) is 25.1 Å². The van der Waals surface area contributed by atoms with Gasteiger partial charge in [-0.2, -0.15) is 33.7 Å². The summed E-state index contributed by atoms with van der Waals surface area (Å²) < 4.78 is 95.2. The lowest BCUT2D eigenvalue weighted by molar-refractivity contribution is -0.284. The molecule has 2 unspecified atom stereocenters. The summed E-state index contributed by atoms with van der Waals surface area (Å²) in [6.07, 6.45) is -5.13. The Morgan fingerprint density at radius 3 is 2.13 bits per heavy atom. The van der Waals surface area contributed by atoms with Gasteiger partial charge < -0.3 is 28.4 Å². The van der Waals surface area contributed by atoms with E-state index >= 15 is 0 Å². The molecule has 1 aliphatic heterocycles. The van der Waals surface area contributed by atoms with Crippen LogP contribution in [0.15, 0.2) is 47.4 Å². The Kier molecular flexibility index (Phi) is 15.5. The second-order valence-corrected chi connectivity index (χ2v) is 13.1. The fraction of sp³-hybridized carbons (Fsp3) is 0.625. The van der Waals surface area contributed by atoms with Crippen LogP contribution in [0.4, 0.5) is 22.0 Å². The molecule has 0 aromatic heterocycles. The summed E-state index contributed by atoms with van der Waals surface area (Å²) in [5.74, 6) is -1.22. The molecule has 2 atom stereocenters. The highest BCUT2D eigenvalue weighted by atomic mass is 32.2. The van der Waals surface area contributed by atoms with Crippen LogP contribution in [-0.4, -0.2) is 83.6 Å². The van der Waals surface area contributed by atoms with Crippen LogP contribution in [-0.2, 0) is 24.4 Å². The molecule has 45 heavy (non-hydrogen) atoms. The van der Waals surface area contributed by atoms with Crippen LogP contribution < -0.4 is 9.47 Å². The average Bonchev–Trinajstić information content (AvgIpc) is 3.01. The molecule has 0 saturated heterocycles. The molecule has 2 aromatic carbocycles. The third kappa shape index (κ3) is 11.5. The fourth-order valence-corrected chi connectivity index (χ4v) is 7.29. The highest BCUT2D eigenvalue weighted by Gasteiger charge is 2.56. The van der Waals surface area contributed by atoms with Gasteiger partial charge >= 0.3 is 12.1 Å². The second kappa shape index (κ2) is 18.5. The number of methoxy groups -OCH3 is 2. The SMILES string of the molecule is COCOc1ccc(C2(C)CSc3cc(OCOC)ccc3C2CCCOCCOCCSCCCC(F)(F)C(F)(F)F)cc1. The van der Waals surface area contributed by atoms with Crippen LogP contribution >= 0.6 is 23.5 Å². The Labute approximate surface area is 271 Å². The van der Waals surface area contributed by atoms with Crippen molar-refractivity contribution in [3.8, 4) is 11.5 Å². The van der Waals surface area contributed by atoms with Gasteiger partial charge in [0.05, 0.1) is 19.8 Å². The molecule has 0 saturated carbocycles. The predicted molar refractivity (Wildman–Crippen MR) is 167 cm³/mol. The summed E-state index contributed by atoms with van der Waals surface area (Å²) in [6, 6.07) is 14.4. The van der Waals surface area contributed by atoms with E-state index in [1.807, 2.05) is 30.0 Å². The zero-order chi connectivity index (χ0) is 32.8. The third-order valence-electron chi connectivity index (χ3n) is 7.58. The largest absolute Gasteiger partial charge is 0.468 e. The van der Waals surface area contributed by atoms with Crippen molar-refractivity contribution in [3.63, 3.8) is 0 Å². The normalized spacial score (nSPS) is 18.5. The minimum Gasteiger partial charge on any atom is -0.468 e. The van der Waals surface area contributed by atoms with E-state index < -0.39 is 18.5 Å². The van der Waals surface area contributed by atoms with Crippen molar-refractivity contribution in [1.29, 1.82) is 0 Å². The zero-order valence-corrected chi connectivity index (χ0v) is 27.6. The summed E-state index contributed by atoms with van der Waals surface area (Å²) in [4.78, 5) is 1.20. The number of fused-ring (bicyclic) bond motifs is 1. The van der Waals surface area contributed by atoms with Crippen LogP contribution in [0.2, 0.25) is 0 Å². The van der Waals surface area contributed by atoms with E-state index in [-0.39, 0.29) is 37.1 Å². The van der Waals surface area contributed by atoms with Crippen molar-refractivity contribution in [2.75, 3.05) is 71.5 Å². The Morgan fingerprint density at radius 1 is 0.822 bits per heavy atom. The molecule has 6 nitrogen and oxygen atoms in total. The molecule has 13 heteroatoms. The maximum atomic E-state index is 12.9. The molecule has 0 amide bonds. The molecular weight excluding hydrogens is 639 g/mol. The van der Waals surface area contributed by atoms with Crippen molar-refractivity contribution in [2.24, 2.45) is 0 Å². The lowest BCUT2D eigenvalue weighted by atomic mass is 9.68. The first-order valence-corrected chi connectivity index (χ1v) is 16.9. The number of benzene rings is 2. The van der Waals surface area contributed by atoms with E-state index in [2.05, 4.69) is 31.2 Å². The van der Waals surface area contributed by atoms with Gasteiger partial charge in [-0.05, 0) is 66.3 Å². The summed E-state index contributed by atoms with van der Waals surface area (Å²) in [5.41, 5.74) is 2.38. The molecule has 0 radical (unpaired) electrons. The van der Waals surface area contributed by atoms with Crippen molar-refractivity contribution >= 4 is 23.5 Å². The quantitative estimate of drug-likeness (QED) is 0.0741. The van der Waals surface area contributed by atoms with E-state index in [9.17, 15) is 22.0 Å². The van der Waals surface area contributed by atoms with E-state index in [4.69, 9.17) is 28.4 Å². The van der Waals surface area contributed by atoms with E-state index in [1.165, 1.54) is 27.8 Å². The highest BCUT2D eigenvalue weighted by molar-refractivity contribution is 7.99. The number of hydrogen-bond donors (Lipinski definition) is 0. The van der Waals surface area contributed by atoms with Crippen LogP contribution in [0.1, 0.15) is 49.7 Å². The minimum atomic E-state index is -5.49. The second-order valence-electron chi connectivity index (χ2n) is 10.9. The van der Waals surface area contributed by atoms with Crippen molar-refractivity contribution in [1.82, 2.24) is 0 Å². The molecule has 0 aliphatic carbocycles. The summed E-state index contributed by atoms with van der Waals surface area (Å²) in [6.45, 7) is 4.44. The lowest BCUT2D eigenvalue weighted by Gasteiger charge is -2.43. The maximum absolute atomic E-state index is 12.9. The molecule has 0 fully saturated rings. The van der Waals surface area contributed by atoms with Crippen LogP contribution in [0.3, 0.4) is 0 Å². The molecule has 0 bridgehead atoms. The highest BCUT2D eigenvalue weighted by Crippen LogP contribution is 2.52. The molecule has 3 rings (SSSR count). The van der Waals surface area contributed by atoms with Gasteiger partial charge in [0.1, 0.15) is 11.5 Å². The van der Waals surface area contributed by atoms with Crippen LogP contribution in [0, 0.1) is 0 Å². The number of halogens is 5. The number of rotatable bonds is 21. The smallest absolute Gasteiger partial charge is 0.453 e. The first kappa shape index (κ1) is 37.7. The van der Waals surface area contributed by atoms with Crippen molar-refractivity contribution in [2.45, 2.75) is 60.9 Å². The van der Waals surface area contributed by atoms with Crippen LogP contribution in [0.5, 0.6) is 11.5 Å². The molecular formula is C32H43F5O6S2. The maximum Gasteiger partial charge on any atom is 0.453 e. The van der Waals surface area contributed by atoms with Gasteiger partial charge in [0.2, 0.25) is 0 Å². The van der Waals surface area contributed by atoms with E-state index in [0.717, 1.165) is 30.1 Å². The molecule has 1 heterocycles. The van der Waals surface area contributed by atoms with Gasteiger partial charge in [0.25, 0.3) is 0 Å². The summed E-state index contributed by atoms with van der Waals surface area (Å²) in [5, 5.41) is 0. The molecule has 1 aliphatic rings. The molecule has 254 valence electrons. The summed E-state index contributed by atoms with van der Waals surface area (Å²) >= 11 is 3.12.